The van der Waals surface area contributed by atoms with E-state index in [1.54, 1.807) is 0 Å². The fourth-order valence-corrected chi connectivity index (χ4v) is 1.08. The van der Waals surface area contributed by atoms with Crippen molar-refractivity contribution in [2.24, 2.45) is 10.4 Å². The van der Waals surface area contributed by atoms with E-state index >= 15 is 0 Å². The zero-order chi connectivity index (χ0) is 8.48. The van der Waals surface area contributed by atoms with Gasteiger partial charge in [0.05, 0.1) is 0 Å². The molecule has 0 atom stereocenters. The van der Waals surface area contributed by atoms with Crippen LogP contribution in [0.4, 0.5) is 0 Å². The summed E-state index contributed by atoms with van der Waals surface area (Å²) in [4.78, 5) is 4.08. The van der Waals surface area contributed by atoms with Gasteiger partial charge >= 0.3 is 0 Å². The molecule has 2 heteroatoms. The second-order valence-corrected chi connectivity index (χ2v) is 3.88. The molecule has 0 radical (unpaired) electrons. The maximum atomic E-state index is 4.08. The van der Waals surface area contributed by atoms with Gasteiger partial charge in [-0.05, 0) is 17.1 Å². The molecular weight excluding hydrogens is 136 g/mol. The molecule has 11 heavy (non-hydrogen) atoms. The molecule has 0 fully saturated rings. The molecule has 0 saturated heterocycles. The molecule has 1 aliphatic heterocycles. The second kappa shape index (κ2) is 2.68. The van der Waals surface area contributed by atoms with E-state index in [2.05, 4.69) is 37.2 Å². The molecule has 0 aromatic carbocycles. The molecule has 0 spiro atoms. The Labute approximate surface area is 68.4 Å². The summed E-state index contributed by atoms with van der Waals surface area (Å²) in [6.07, 6.45) is 2.14. The number of hydrogen-bond donors (Lipinski definition) is 1. The van der Waals surface area contributed by atoms with Crippen molar-refractivity contribution in [2.45, 2.75) is 20.8 Å². The van der Waals surface area contributed by atoms with Crippen LogP contribution in [-0.4, -0.2) is 19.4 Å². The van der Waals surface area contributed by atoms with Crippen LogP contribution in [0.2, 0.25) is 0 Å². The molecule has 1 N–H and O–H groups in total. The van der Waals surface area contributed by atoms with Crippen molar-refractivity contribution in [1.82, 2.24) is 5.32 Å². The predicted octanol–water partition coefficient (Wildman–Crippen LogP) is 1.59. The molecule has 0 amide bonds. The van der Waals surface area contributed by atoms with Gasteiger partial charge in [-0.15, -0.1) is 0 Å². The summed E-state index contributed by atoms with van der Waals surface area (Å²) < 4.78 is 0. The highest BCUT2D eigenvalue weighted by Gasteiger charge is 2.20. The van der Waals surface area contributed by atoms with Crippen LogP contribution in [0.25, 0.3) is 0 Å². The first kappa shape index (κ1) is 8.31. The zero-order valence-corrected chi connectivity index (χ0v) is 7.73. The van der Waals surface area contributed by atoms with Crippen molar-refractivity contribution in [1.29, 1.82) is 0 Å². The monoisotopic (exact) mass is 152 g/mol. The Bertz CT molecular complexity index is 206. The molecule has 0 aromatic heterocycles. The molecule has 1 heterocycles. The van der Waals surface area contributed by atoms with Gasteiger partial charge in [0.1, 0.15) is 5.84 Å². The Morgan fingerprint density at radius 1 is 1.45 bits per heavy atom. The Morgan fingerprint density at radius 3 is 2.36 bits per heavy atom. The van der Waals surface area contributed by atoms with Gasteiger partial charge in [-0.2, -0.15) is 0 Å². The van der Waals surface area contributed by atoms with Gasteiger partial charge in [0, 0.05) is 13.6 Å². The van der Waals surface area contributed by atoms with Crippen LogP contribution < -0.4 is 5.32 Å². The fraction of sp³-hybridized carbons (Fsp3) is 0.667. The largest absolute Gasteiger partial charge is 0.367 e. The highest BCUT2D eigenvalue weighted by atomic mass is 15.0. The third kappa shape index (κ3) is 1.82. The van der Waals surface area contributed by atoms with Crippen molar-refractivity contribution in [3.05, 3.63) is 11.6 Å². The number of nitrogens with one attached hydrogen (secondary N) is 1. The first-order valence-corrected chi connectivity index (χ1v) is 3.96. The molecular formula is C9H16N2. The summed E-state index contributed by atoms with van der Waals surface area (Å²) in [5.74, 6) is 1.01. The summed E-state index contributed by atoms with van der Waals surface area (Å²) in [7, 11) is 1.81. The maximum Gasteiger partial charge on any atom is 0.120 e. The summed E-state index contributed by atoms with van der Waals surface area (Å²) in [6, 6.07) is 0. The normalized spacial score (nSPS) is 21.8. The zero-order valence-electron chi connectivity index (χ0n) is 7.73. The van der Waals surface area contributed by atoms with E-state index < -0.39 is 0 Å². The van der Waals surface area contributed by atoms with Crippen LogP contribution >= 0.6 is 0 Å². The number of hydrogen-bond acceptors (Lipinski definition) is 1. The van der Waals surface area contributed by atoms with E-state index in [1.807, 2.05) is 7.05 Å². The lowest BCUT2D eigenvalue weighted by Crippen LogP contribution is -2.19. The minimum Gasteiger partial charge on any atom is -0.367 e. The molecule has 2 nitrogen and oxygen atoms in total. The quantitative estimate of drug-likeness (QED) is 0.560. The third-order valence-corrected chi connectivity index (χ3v) is 1.98. The van der Waals surface area contributed by atoms with Gasteiger partial charge in [-0.25, -0.2) is 0 Å². The van der Waals surface area contributed by atoms with Gasteiger partial charge in [0.15, 0.2) is 0 Å². The molecule has 0 unspecified atom stereocenters. The molecule has 0 saturated carbocycles. The van der Waals surface area contributed by atoms with Crippen LogP contribution in [0.15, 0.2) is 16.6 Å². The molecule has 1 rings (SSSR count). The lowest BCUT2D eigenvalue weighted by molar-refractivity contribution is 0.496. The number of aliphatic imine (C=N–C) groups is 1. The van der Waals surface area contributed by atoms with E-state index in [9.17, 15) is 0 Å². The van der Waals surface area contributed by atoms with Crippen LogP contribution in [0.5, 0.6) is 0 Å². The Hall–Kier alpha value is -0.790. The number of amidine groups is 1. The lowest BCUT2D eigenvalue weighted by Gasteiger charge is -2.18. The van der Waals surface area contributed by atoms with Crippen LogP contribution in [0, 0.1) is 5.41 Å². The highest BCUT2D eigenvalue weighted by Crippen LogP contribution is 2.26. The number of rotatable bonds is 0. The topological polar surface area (TPSA) is 24.4 Å². The average Bonchev–Trinajstić information content (AvgIpc) is 2.32. The highest BCUT2D eigenvalue weighted by molar-refractivity contribution is 5.96. The van der Waals surface area contributed by atoms with Gasteiger partial charge in [-0.1, -0.05) is 20.8 Å². The predicted molar refractivity (Wildman–Crippen MR) is 48.9 cm³/mol. The molecule has 0 bridgehead atoms. The van der Waals surface area contributed by atoms with Crippen molar-refractivity contribution in [3.63, 3.8) is 0 Å². The molecule has 0 aliphatic carbocycles. The first-order chi connectivity index (χ1) is 5.04. The van der Waals surface area contributed by atoms with Gasteiger partial charge in [0.2, 0.25) is 0 Å². The minimum absolute atomic E-state index is 0.277. The average molecular weight is 152 g/mol. The smallest absolute Gasteiger partial charge is 0.120 e. The van der Waals surface area contributed by atoms with Crippen LogP contribution in [-0.2, 0) is 0 Å². The first-order valence-electron chi connectivity index (χ1n) is 3.96. The molecule has 0 aromatic rings. The van der Waals surface area contributed by atoms with Gasteiger partial charge in [0.25, 0.3) is 0 Å². The summed E-state index contributed by atoms with van der Waals surface area (Å²) in [5.41, 5.74) is 1.71. The standard InChI is InChI=1S/C9H16N2/c1-9(2,3)7-5-8(10-4)11-6-7/h5H,6H2,1-4H3,(H,10,11). The van der Waals surface area contributed by atoms with E-state index in [4.69, 9.17) is 0 Å². The van der Waals surface area contributed by atoms with Crippen molar-refractivity contribution in [2.75, 3.05) is 13.6 Å². The number of nitrogens with zero attached hydrogens (tertiary/aromatic N) is 1. The van der Waals surface area contributed by atoms with E-state index in [-0.39, 0.29) is 5.41 Å². The third-order valence-electron chi connectivity index (χ3n) is 1.98. The molecule has 1 aliphatic rings. The Morgan fingerprint density at radius 2 is 2.09 bits per heavy atom. The lowest BCUT2D eigenvalue weighted by atomic mass is 9.87. The van der Waals surface area contributed by atoms with Crippen molar-refractivity contribution in [3.8, 4) is 0 Å². The summed E-state index contributed by atoms with van der Waals surface area (Å²) >= 11 is 0. The Balaban J connectivity index is 2.78. The Kier molecular flexibility index (Phi) is 2.03. The second-order valence-electron chi connectivity index (χ2n) is 3.88. The van der Waals surface area contributed by atoms with Crippen molar-refractivity contribution < 1.29 is 0 Å². The maximum absolute atomic E-state index is 4.08. The van der Waals surface area contributed by atoms with Crippen LogP contribution in [0.3, 0.4) is 0 Å². The summed E-state index contributed by atoms with van der Waals surface area (Å²) in [5, 5.41) is 3.22. The van der Waals surface area contributed by atoms with Gasteiger partial charge in [-0.3, -0.25) is 4.99 Å². The van der Waals surface area contributed by atoms with E-state index in [0.717, 1.165) is 12.4 Å². The molecule has 62 valence electrons. The van der Waals surface area contributed by atoms with Crippen LogP contribution in [0.1, 0.15) is 20.8 Å². The fourth-order valence-electron chi connectivity index (χ4n) is 1.08. The van der Waals surface area contributed by atoms with E-state index in [1.165, 1.54) is 5.57 Å². The SMILES string of the molecule is CN=C1C=C(C(C)(C)C)CN1. The minimum atomic E-state index is 0.277. The van der Waals surface area contributed by atoms with E-state index in [0.29, 0.717) is 0 Å². The van der Waals surface area contributed by atoms with Gasteiger partial charge < -0.3 is 5.32 Å². The van der Waals surface area contributed by atoms with Crippen molar-refractivity contribution >= 4 is 5.84 Å². The summed E-state index contributed by atoms with van der Waals surface area (Å²) in [6.45, 7) is 7.62.